The minimum atomic E-state index is 0.657. The Morgan fingerprint density at radius 2 is 1.70 bits per heavy atom. The van der Waals surface area contributed by atoms with E-state index in [1.807, 2.05) is 24.0 Å². The molecule has 0 unspecified atom stereocenters. The van der Waals surface area contributed by atoms with Crippen molar-refractivity contribution in [3.05, 3.63) is 36.5 Å². The number of ether oxygens (including phenoxy) is 1. The van der Waals surface area contributed by atoms with Crippen molar-refractivity contribution < 1.29 is 4.74 Å². The molecule has 1 spiro atoms. The van der Waals surface area contributed by atoms with Crippen molar-refractivity contribution >= 4 is 23.3 Å². The summed E-state index contributed by atoms with van der Waals surface area (Å²) in [5.74, 6) is 1.99. The van der Waals surface area contributed by atoms with Crippen molar-refractivity contribution in [1.29, 1.82) is 0 Å². The highest BCUT2D eigenvalue weighted by Gasteiger charge is 2.36. The van der Waals surface area contributed by atoms with Gasteiger partial charge in [-0.05, 0) is 108 Å². The SMILES string of the molecule is COc1ccc2c(c1)N(CCCCCN1CCC3(CCN(C)CC3)CC1)c1ncccc1S2. The number of nitrogens with zero attached hydrogens (tertiary/aromatic N) is 4. The van der Waals surface area contributed by atoms with Gasteiger partial charge in [0, 0.05) is 23.7 Å². The molecule has 4 heterocycles. The second-order valence-electron chi connectivity index (χ2n) is 10.1. The Hall–Kier alpha value is -1.76. The van der Waals surface area contributed by atoms with Gasteiger partial charge in [-0.3, -0.25) is 0 Å². The molecule has 2 saturated heterocycles. The molecular formula is C27H38N4OS. The summed E-state index contributed by atoms with van der Waals surface area (Å²) in [4.78, 5) is 14.9. The number of fused-ring (bicyclic) bond motifs is 2. The Labute approximate surface area is 203 Å². The molecule has 0 saturated carbocycles. The van der Waals surface area contributed by atoms with Crippen LogP contribution < -0.4 is 9.64 Å². The summed E-state index contributed by atoms with van der Waals surface area (Å²) in [6.07, 6.45) is 11.3. The molecule has 2 aromatic rings. The van der Waals surface area contributed by atoms with Crippen LogP contribution in [0.4, 0.5) is 11.5 Å². The Bertz CT molecular complexity index is 933. The zero-order valence-electron chi connectivity index (χ0n) is 20.3. The number of unbranched alkanes of at least 4 members (excludes halogenated alkanes) is 2. The topological polar surface area (TPSA) is 31.8 Å². The van der Waals surface area contributed by atoms with Gasteiger partial charge in [-0.1, -0.05) is 18.2 Å². The van der Waals surface area contributed by atoms with Crippen LogP contribution in [0.5, 0.6) is 5.75 Å². The van der Waals surface area contributed by atoms with E-state index in [0.717, 1.165) is 18.1 Å². The van der Waals surface area contributed by atoms with Crippen LogP contribution in [0.2, 0.25) is 0 Å². The largest absolute Gasteiger partial charge is 0.497 e. The Morgan fingerprint density at radius 1 is 0.939 bits per heavy atom. The third-order valence-electron chi connectivity index (χ3n) is 8.00. The van der Waals surface area contributed by atoms with Crippen molar-refractivity contribution in [2.24, 2.45) is 5.41 Å². The van der Waals surface area contributed by atoms with Crippen LogP contribution in [0.15, 0.2) is 46.3 Å². The molecule has 5 nitrogen and oxygen atoms in total. The lowest BCUT2D eigenvalue weighted by Gasteiger charge is -2.46. The van der Waals surface area contributed by atoms with E-state index >= 15 is 0 Å². The van der Waals surface area contributed by atoms with Crippen LogP contribution in [0.25, 0.3) is 0 Å². The predicted octanol–water partition coefficient (Wildman–Crippen LogP) is 5.67. The molecule has 3 aliphatic rings. The van der Waals surface area contributed by atoms with Gasteiger partial charge < -0.3 is 19.4 Å². The van der Waals surface area contributed by atoms with Crippen molar-refractivity contribution in [2.75, 3.05) is 58.3 Å². The molecule has 0 radical (unpaired) electrons. The van der Waals surface area contributed by atoms with E-state index < -0.39 is 0 Å². The van der Waals surface area contributed by atoms with Crippen LogP contribution in [0, 0.1) is 5.41 Å². The minimum absolute atomic E-state index is 0.657. The van der Waals surface area contributed by atoms with Crippen LogP contribution in [-0.2, 0) is 0 Å². The maximum absolute atomic E-state index is 5.51. The quantitative estimate of drug-likeness (QED) is 0.489. The standard InChI is InChI=1S/C27H38N4OS/c1-29-17-10-27(11-18-29)12-19-30(20-13-27)15-4-3-5-16-31-23-21-22(32-2)8-9-24(23)33-25-7-6-14-28-26(25)31/h6-9,14,21H,3-5,10-13,15-20H2,1-2H3. The minimum Gasteiger partial charge on any atom is -0.497 e. The predicted molar refractivity (Wildman–Crippen MR) is 137 cm³/mol. The fraction of sp³-hybridized carbons (Fsp3) is 0.593. The van der Waals surface area contributed by atoms with Gasteiger partial charge in [0.05, 0.1) is 17.7 Å². The maximum Gasteiger partial charge on any atom is 0.147 e. The number of piperidine rings is 2. The molecule has 0 atom stereocenters. The molecule has 178 valence electrons. The van der Waals surface area contributed by atoms with Crippen molar-refractivity contribution in [3.63, 3.8) is 0 Å². The molecule has 33 heavy (non-hydrogen) atoms. The number of pyridine rings is 1. The van der Waals surface area contributed by atoms with E-state index in [1.165, 1.54) is 93.1 Å². The molecule has 1 aromatic heterocycles. The van der Waals surface area contributed by atoms with E-state index in [-0.39, 0.29) is 0 Å². The summed E-state index contributed by atoms with van der Waals surface area (Å²) < 4.78 is 5.51. The second-order valence-corrected chi connectivity index (χ2v) is 11.2. The van der Waals surface area contributed by atoms with Gasteiger partial charge in [0.2, 0.25) is 0 Å². The molecule has 0 N–H and O–H groups in total. The first-order valence-corrected chi connectivity index (χ1v) is 13.5. The van der Waals surface area contributed by atoms with Crippen molar-refractivity contribution in [2.45, 2.75) is 54.7 Å². The van der Waals surface area contributed by atoms with Crippen molar-refractivity contribution in [1.82, 2.24) is 14.8 Å². The van der Waals surface area contributed by atoms with Gasteiger partial charge in [-0.15, -0.1) is 0 Å². The van der Waals surface area contributed by atoms with Gasteiger partial charge in [0.25, 0.3) is 0 Å². The lowest BCUT2D eigenvalue weighted by molar-refractivity contribution is 0.0423. The second kappa shape index (κ2) is 10.2. The zero-order valence-corrected chi connectivity index (χ0v) is 21.1. The summed E-state index contributed by atoms with van der Waals surface area (Å²) in [6.45, 7) is 7.45. The number of anilines is 2. The van der Waals surface area contributed by atoms with Crippen LogP contribution in [-0.4, -0.2) is 68.2 Å². The lowest BCUT2D eigenvalue weighted by Crippen LogP contribution is -2.46. The maximum atomic E-state index is 5.51. The normalized spacial score (nSPS) is 20.5. The summed E-state index contributed by atoms with van der Waals surface area (Å²) in [5.41, 5.74) is 1.88. The molecule has 5 rings (SSSR count). The van der Waals surface area contributed by atoms with Gasteiger partial charge in [-0.2, -0.15) is 0 Å². The average molecular weight is 467 g/mol. The molecule has 1 aromatic carbocycles. The van der Waals surface area contributed by atoms with Gasteiger partial charge in [0.15, 0.2) is 0 Å². The third-order valence-corrected chi connectivity index (χ3v) is 9.11. The number of rotatable bonds is 7. The molecule has 0 bridgehead atoms. The molecule has 0 amide bonds. The summed E-state index contributed by atoms with van der Waals surface area (Å²) in [5, 5.41) is 0. The number of hydrogen-bond donors (Lipinski definition) is 0. The lowest BCUT2D eigenvalue weighted by atomic mass is 9.71. The molecule has 2 fully saturated rings. The summed E-state index contributed by atoms with van der Waals surface area (Å²) >= 11 is 1.81. The van der Waals surface area contributed by atoms with Crippen molar-refractivity contribution in [3.8, 4) is 5.75 Å². The van der Waals surface area contributed by atoms with E-state index in [9.17, 15) is 0 Å². The highest BCUT2D eigenvalue weighted by molar-refractivity contribution is 7.99. The first-order valence-electron chi connectivity index (χ1n) is 12.7. The molecule has 6 heteroatoms. The third kappa shape index (κ3) is 5.18. The number of methoxy groups -OCH3 is 1. The van der Waals surface area contributed by atoms with Crippen LogP contribution >= 0.6 is 11.8 Å². The monoisotopic (exact) mass is 466 g/mol. The van der Waals surface area contributed by atoms with Gasteiger partial charge in [-0.25, -0.2) is 4.98 Å². The zero-order chi connectivity index (χ0) is 22.7. The fourth-order valence-electron chi connectivity index (χ4n) is 5.67. The highest BCUT2D eigenvalue weighted by Crippen LogP contribution is 2.48. The first-order chi connectivity index (χ1) is 16.2. The summed E-state index contributed by atoms with van der Waals surface area (Å²) in [6, 6.07) is 10.6. The van der Waals surface area contributed by atoms with E-state index in [2.05, 4.69) is 46.0 Å². The molecular weight excluding hydrogens is 428 g/mol. The molecule has 0 aliphatic carbocycles. The van der Waals surface area contributed by atoms with Crippen LogP contribution in [0.1, 0.15) is 44.9 Å². The van der Waals surface area contributed by atoms with E-state index in [0.29, 0.717) is 5.41 Å². The fourth-order valence-corrected chi connectivity index (χ4v) is 6.72. The smallest absolute Gasteiger partial charge is 0.147 e. The molecule has 3 aliphatic heterocycles. The van der Waals surface area contributed by atoms with E-state index in [4.69, 9.17) is 9.72 Å². The number of hydrogen-bond acceptors (Lipinski definition) is 6. The Balaban J connectivity index is 1.11. The van der Waals surface area contributed by atoms with Gasteiger partial charge in [0.1, 0.15) is 11.6 Å². The first kappa shape index (κ1) is 23.0. The Morgan fingerprint density at radius 3 is 2.48 bits per heavy atom. The number of likely N-dealkylation sites (tertiary alicyclic amines) is 2. The number of aromatic nitrogens is 1. The summed E-state index contributed by atoms with van der Waals surface area (Å²) in [7, 11) is 4.01. The average Bonchev–Trinajstić information content (AvgIpc) is 2.86. The van der Waals surface area contributed by atoms with Gasteiger partial charge >= 0.3 is 0 Å². The van der Waals surface area contributed by atoms with Crippen LogP contribution in [0.3, 0.4) is 0 Å². The van der Waals surface area contributed by atoms with E-state index in [1.54, 1.807) is 7.11 Å². The highest BCUT2D eigenvalue weighted by atomic mass is 32.2. The Kier molecular flexibility index (Phi) is 7.14. The number of benzene rings is 1.